The first kappa shape index (κ1) is 20.3. The normalized spacial score (nSPS) is 18.8. The molecule has 1 saturated carbocycles. The Balaban J connectivity index is 1.45. The van der Waals surface area contributed by atoms with Crippen LogP contribution >= 0.6 is 11.3 Å². The molecule has 4 N–H and O–H groups in total. The Morgan fingerprint density at radius 1 is 1.30 bits per heavy atom. The number of anilines is 3. The van der Waals surface area contributed by atoms with E-state index in [0.29, 0.717) is 18.5 Å². The van der Waals surface area contributed by atoms with Gasteiger partial charge in [0, 0.05) is 18.3 Å². The highest BCUT2D eigenvalue weighted by Gasteiger charge is 2.23. The minimum absolute atomic E-state index is 0.0338. The van der Waals surface area contributed by atoms with Crippen molar-refractivity contribution in [3.8, 4) is 0 Å². The van der Waals surface area contributed by atoms with Crippen LogP contribution in [-0.2, 0) is 11.3 Å². The van der Waals surface area contributed by atoms with Gasteiger partial charge in [-0.2, -0.15) is 10.1 Å². The number of thiophene rings is 1. The summed E-state index contributed by atoms with van der Waals surface area (Å²) in [6.45, 7) is 3.98. The predicted octanol–water partition coefficient (Wildman–Crippen LogP) is 2.65. The van der Waals surface area contributed by atoms with Crippen molar-refractivity contribution in [2.24, 2.45) is 0 Å². The van der Waals surface area contributed by atoms with Gasteiger partial charge in [-0.15, -0.1) is 11.3 Å². The summed E-state index contributed by atoms with van der Waals surface area (Å²) >= 11 is 1.61. The monoisotopic (exact) mass is 427 g/mol. The topological polar surface area (TPSA) is 117 Å². The van der Waals surface area contributed by atoms with Crippen molar-refractivity contribution in [1.29, 1.82) is 0 Å². The first-order valence-corrected chi connectivity index (χ1v) is 10.9. The molecule has 1 amide bonds. The van der Waals surface area contributed by atoms with Gasteiger partial charge < -0.3 is 21.1 Å². The van der Waals surface area contributed by atoms with E-state index in [1.54, 1.807) is 22.2 Å². The highest BCUT2D eigenvalue weighted by atomic mass is 32.1. The number of amides is 1. The van der Waals surface area contributed by atoms with Crippen LogP contribution in [0.1, 0.15) is 25.7 Å². The number of carbonyl (C=O) groups excluding carboxylic acids is 1. The number of aromatic nitrogens is 4. The summed E-state index contributed by atoms with van der Waals surface area (Å²) in [5.74, 6) is 1.21. The second kappa shape index (κ2) is 9.23. The molecule has 0 radical (unpaired) electrons. The van der Waals surface area contributed by atoms with Gasteiger partial charge in [0.1, 0.15) is 5.82 Å². The van der Waals surface area contributed by atoms with Gasteiger partial charge in [0.25, 0.3) is 0 Å². The molecule has 30 heavy (non-hydrogen) atoms. The molecule has 158 valence electrons. The zero-order valence-corrected chi connectivity index (χ0v) is 17.4. The van der Waals surface area contributed by atoms with Crippen molar-refractivity contribution in [3.63, 3.8) is 0 Å². The standard InChI is InChI=1S/C20H25N7O2S/c1-2-17(29)22-13-3-5-14(6-4-13)23-19-18-16(7-10-30-18)25-20(26-19)24-15-11-21-27(12-15)8-9-28/h2,7,10-14,28H,1,3-6,8-9H2,(H,22,29)(H2,23,24,25,26)/t13-,14+. The third-order valence-electron chi connectivity index (χ3n) is 5.12. The number of fused-ring (bicyclic) bond motifs is 1. The lowest BCUT2D eigenvalue weighted by Gasteiger charge is -2.29. The van der Waals surface area contributed by atoms with E-state index in [4.69, 9.17) is 10.1 Å². The number of hydrogen-bond acceptors (Lipinski definition) is 8. The summed E-state index contributed by atoms with van der Waals surface area (Å²) in [5.41, 5.74) is 1.65. The van der Waals surface area contributed by atoms with Crippen molar-refractivity contribution < 1.29 is 9.90 Å². The Kier molecular flexibility index (Phi) is 6.24. The molecule has 1 aliphatic rings. The Labute approximate surface area is 178 Å². The molecule has 3 aromatic heterocycles. The van der Waals surface area contributed by atoms with Gasteiger partial charge >= 0.3 is 0 Å². The summed E-state index contributed by atoms with van der Waals surface area (Å²) in [5, 5.41) is 25.0. The second-order valence-corrected chi connectivity index (χ2v) is 8.19. The summed E-state index contributed by atoms with van der Waals surface area (Å²) < 4.78 is 2.69. The molecule has 0 bridgehead atoms. The maximum absolute atomic E-state index is 11.5. The molecule has 1 aliphatic carbocycles. The van der Waals surface area contributed by atoms with Crippen LogP contribution in [0.2, 0.25) is 0 Å². The minimum atomic E-state index is -0.111. The summed E-state index contributed by atoms with van der Waals surface area (Å²) in [4.78, 5) is 20.8. The van der Waals surface area contributed by atoms with Crippen LogP contribution in [0.4, 0.5) is 17.5 Å². The number of nitrogens with zero attached hydrogens (tertiary/aromatic N) is 4. The highest BCUT2D eigenvalue weighted by Crippen LogP contribution is 2.30. The third-order valence-corrected chi connectivity index (χ3v) is 6.03. The fourth-order valence-corrected chi connectivity index (χ4v) is 4.42. The van der Waals surface area contributed by atoms with Gasteiger partial charge in [0.15, 0.2) is 0 Å². The van der Waals surface area contributed by atoms with Gasteiger partial charge in [-0.25, -0.2) is 4.98 Å². The maximum atomic E-state index is 11.5. The van der Waals surface area contributed by atoms with Crippen molar-refractivity contribution in [1.82, 2.24) is 25.1 Å². The van der Waals surface area contributed by atoms with E-state index < -0.39 is 0 Å². The molecule has 3 aromatic rings. The zero-order chi connectivity index (χ0) is 20.9. The van der Waals surface area contributed by atoms with E-state index in [2.05, 4.69) is 32.6 Å². The quantitative estimate of drug-likeness (QED) is 0.408. The van der Waals surface area contributed by atoms with Gasteiger partial charge in [0.2, 0.25) is 11.9 Å². The van der Waals surface area contributed by atoms with Crippen LogP contribution < -0.4 is 16.0 Å². The van der Waals surface area contributed by atoms with Crippen LogP contribution in [0.3, 0.4) is 0 Å². The molecule has 0 spiro atoms. The lowest BCUT2D eigenvalue weighted by atomic mass is 9.91. The molecule has 0 unspecified atom stereocenters. The minimum Gasteiger partial charge on any atom is -0.394 e. The fraction of sp³-hybridized carbons (Fsp3) is 0.400. The molecule has 3 heterocycles. The fourth-order valence-electron chi connectivity index (χ4n) is 3.63. The summed E-state index contributed by atoms with van der Waals surface area (Å²) in [7, 11) is 0. The highest BCUT2D eigenvalue weighted by molar-refractivity contribution is 7.17. The van der Waals surface area contributed by atoms with Crippen molar-refractivity contribution in [2.75, 3.05) is 17.2 Å². The van der Waals surface area contributed by atoms with Gasteiger partial charge in [-0.05, 0) is 43.2 Å². The molecule has 0 saturated heterocycles. The van der Waals surface area contributed by atoms with Gasteiger partial charge in [-0.3, -0.25) is 9.48 Å². The summed E-state index contributed by atoms with van der Waals surface area (Å²) in [6.07, 6.45) is 8.56. The lowest BCUT2D eigenvalue weighted by Crippen LogP contribution is -2.39. The number of aliphatic hydroxyl groups is 1. The van der Waals surface area contributed by atoms with Crippen LogP contribution in [0.15, 0.2) is 36.5 Å². The van der Waals surface area contributed by atoms with E-state index in [1.807, 2.05) is 17.6 Å². The third kappa shape index (κ3) is 4.77. The van der Waals surface area contributed by atoms with E-state index in [1.165, 1.54) is 6.08 Å². The first-order chi connectivity index (χ1) is 14.6. The molecular weight excluding hydrogens is 402 g/mol. The van der Waals surface area contributed by atoms with Crippen LogP contribution in [0.5, 0.6) is 0 Å². The smallest absolute Gasteiger partial charge is 0.243 e. The number of hydrogen-bond donors (Lipinski definition) is 4. The number of aliphatic hydroxyl groups excluding tert-OH is 1. The Bertz CT molecular complexity index is 1020. The average molecular weight is 428 g/mol. The van der Waals surface area contributed by atoms with Gasteiger partial charge in [0.05, 0.1) is 35.3 Å². The molecule has 1 fully saturated rings. The first-order valence-electron chi connectivity index (χ1n) is 9.99. The molecule has 9 nitrogen and oxygen atoms in total. The van der Waals surface area contributed by atoms with Crippen LogP contribution in [0, 0.1) is 0 Å². The molecule has 0 aliphatic heterocycles. The largest absolute Gasteiger partial charge is 0.394 e. The lowest BCUT2D eigenvalue weighted by molar-refractivity contribution is -0.117. The number of rotatable bonds is 8. The van der Waals surface area contributed by atoms with Crippen molar-refractivity contribution >= 4 is 44.9 Å². The van der Waals surface area contributed by atoms with Crippen molar-refractivity contribution in [3.05, 3.63) is 36.5 Å². The van der Waals surface area contributed by atoms with Crippen molar-refractivity contribution in [2.45, 2.75) is 44.3 Å². The van der Waals surface area contributed by atoms with Crippen LogP contribution in [-0.4, -0.2) is 49.5 Å². The Morgan fingerprint density at radius 2 is 2.10 bits per heavy atom. The van der Waals surface area contributed by atoms with E-state index in [0.717, 1.165) is 47.4 Å². The molecule has 0 aromatic carbocycles. The Morgan fingerprint density at radius 3 is 2.87 bits per heavy atom. The Hall–Kier alpha value is -2.98. The predicted molar refractivity (Wildman–Crippen MR) is 118 cm³/mol. The SMILES string of the molecule is C=CC(=O)N[C@H]1CC[C@@H](Nc2nc(Nc3cnn(CCO)c3)nc3ccsc23)CC1. The molecule has 4 rings (SSSR count). The second-order valence-electron chi connectivity index (χ2n) is 7.28. The molecule has 0 atom stereocenters. The number of nitrogens with one attached hydrogen (secondary N) is 3. The summed E-state index contributed by atoms with van der Waals surface area (Å²) in [6, 6.07) is 2.48. The van der Waals surface area contributed by atoms with Gasteiger partial charge in [-0.1, -0.05) is 6.58 Å². The maximum Gasteiger partial charge on any atom is 0.243 e. The van der Waals surface area contributed by atoms with E-state index in [9.17, 15) is 4.79 Å². The van der Waals surface area contributed by atoms with E-state index in [-0.39, 0.29) is 18.6 Å². The molecule has 10 heteroatoms. The number of carbonyl (C=O) groups is 1. The zero-order valence-electron chi connectivity index (χ0n) is 16.5. The van der Waals surface area contributed by atoms with E-state index >= 15 is 0 Å². The average Bonchev–Trinajstić information content (AvgIpc) is 3.39. The van der Waals surface area contributed by atoms with Crippen LogP contribution in [0.25, 0.3) is 10.2 Å². The molecular formula is C20H25N7O2S.